The van der Waals surface area contributed by atoms with Crippen LogP contribution in [0.5, 0.6) is 23.0 Å². The molecule has 1 atom stereocenters. The molecule has 1 unspecified atom stereocenters. The predicted octanol–water partition coefficient (Wildman–Crippen LogP) is 4.46. The summed E-state index contributed by atoms with van der Waals surface area (Å²) < 4.78 is 16.6. The van der Waals surface area contributed by atoms with Crippen LogP contribution in [0, 0.1) is 0 Å². The Bertz CT molecular complexity index is 1240. The zero-order valence-electron chi connectivity index (χ0n) is 16.6. The van der Waals surface area contributed by atoms with E-state index in [0.29, 0.717) is 28.4 Å². The molecule has 0 fully saturated rings. The Balaban J connectivity index is 1.58. The first kappa shape index (κ1) is 18.9. The van der Waals surface area contributed by atoms with Crippen molar-refractivity contribution in [2.75, 3.05) is 7.11 Å². The zero-order chi connectivity index (χ0) is 21.5. The Morgan fingerprint density at radius 1 is 1.03 bits per heavy atom. The first-order valence-electron chi connectivity index (χ1n) is 9.78. The maximum absolute atomic E-state index is 13.0. The van der Waals surface area contributed by atoms with Gasteiger partial charge in [-0.15, -0.1) is 0 Å². The molecule has 3 aromatic rings. The fraction of sp³-hybridized carbons (Fsp3) is 0.120. The Labute approximate surface area is 178 Å². The topological polar surface area (TPSA) is 82.1 Å². The third-order valence-electron chi connectivity index (χ3n) is 5.47. The van der Waals surface area contributed by atoms with Crippen LogP contribution in [-0.4, -0.2) is 24.0 Å². The molecule has 0 bridgehead atoms. The number of rotatable bonds is 3. The minimum atomic E-state index is -0.397. The van der Waals surface area contributed by atoms with E-state index in [9.17, 15) is 14.7 Å². The third-order valence-corrected chi connectivity index (χ3v) is 5.47. The molecule has 154 valence electrons. The Hall–Kier alpha value is -4.06. The highest BCUT2D eigenvalue weighted by atomic mass is 16.5. The van der Waals surface area contributed by atoms with Crippen LogP contribution in [0.25, 0.3) is 6.08 Å². The molecule has 3 aromatic carbocycles. The number of phenols is 1. The van der Waals surface area contributed by atoms with Crippen molar-refractivity contribution in [3.8, 4) is 23.0 Å². The first-order valence-corrected chi connectivity index (χ1v) is 9.78. The maximum Gasteiger partial charge on any atom is 0.312 e. The van der Waals surface area contributed by atoms with Crippen LogP contribution in [-0.2, 0) is 4.79 Å². The molecule has 6 nitrogen and oxygen atoms in total. The van der Waals surface area contributed by atoms with Gasteiger partial charge in [0, 0.05) is 11.5 Å². The van der Waals surface area contributed by atoms with Gasteiger partial charge in [0.05, 0.1) is 19.1 Å². The summed E-state index contributed by atoms with van der Waals surface area (Å²) in [5.41, 5.74) is 2.59. The molecule has 0 aromatic heterocycles. The number of methoxy groups -OCH3 is 1. The van der Waals surface area contributed by atoms with Gasteiger partial charge in [0.15, 0.2) is 5.76 Å². The molecule has 31 heavy (non-hydrogen) atoms. The Morgan fingerprint density at radius 3 is 2.58 bits per heavy atom. The average Bonchev–Trinajstić information content (AvgIpc) is 3.09. The van der Waals surface area contributed by atoms with E-state index in [0.717, 1.165) is 11.1 Å². The monoisotopic (exact) mass is 414 g/mol. The quantitative estimate of drug-likeness (QED) is 0.387. The molecule has 6 heteroatoms. The molecule has 1 N–H and O–H groups in total. The van der Waals surface area contributed by atoms with Crippen LogP contribution in [0.3, 0.4) is 0 Å². The number of ketones is 1. The fourth-order valence-electron chi connectivity index (χ4n) is 3.98. The number of carbonyl (C=O) groups excluding carboxylic acids is 2. The molecule has 0 amide bonds. The van der Waals surface area contributed by atoms with E-state index in [4.69, 9.17) is 14.2 Å². The number of allylic oxidation sites excluding steroid dienone is 1. The Kier molecular flexibility index (Phi) is 4.47. The number of hydrogen-bond acceptors (Lipinski definition) is 6. The summed E-state index contributed by atoms with van der Waals surface area (Å²) in [5.74, 6) is 0.757. The van der Waals surface area contributed by atoms with E-state index >= 15 is 0 Å². The first-order chi connectivity index (χ1) is 15.0. The molecule has 0 aliphatic carbocycles. The molecule has 0 saturated carbocycles. The normalized spacial score (nSPS) is 18.2. The predicted molar refractivity (Wildman–Crippen MR) is 113 cm³/mol. The van der Waals surface area contributed by atoms with Gasteiger partial charge in [0.1, 0.15) is 23.0 Å². The smallest absolute Gasteiger partial charge is 0.312 e. The van der Waals surface area contributed by atoms with Crippen molar-refractivity contribution in [1.82, 2.24) is 0 Å². The minimum Gasteiger partial charge on any atom is -0.508 e. The SMILES string of the molecule is COc1ccc(/C=C2\Oc3c(ccc4c3C(c3cccc(O)c3)CC(=O)O4)C2=O)cc1. The second kappa shape index (κ2) is 7.32. The van der Waals surface area contributed by atoms with Gasteiger partial charge in [0.25, 0.3) is 0 Å². The summed E-state index contributed by atoms with van der Waals surface area (Å²) in [7, 11) is 1.59. The van der Waals surface area contributed by atoms with Crippen molar-refractivity contribution in [3.05, 3.63) is 88.7 Å². The van der Waals surface area contributed by atoms with Crippen molar-refractivity contribution >= 4 is 17.8 Å². The van der Waals surface area contributed by atoms with Gasteiger partial charge < -0.3 is 19.3 Å². The van der Waals surface area contributed by atoms with Gasteiger partial charge in [-0.25, -0.2) is 0 Å². The lowest BCUT2D eigenvalue weighted by Crippen LogP contribution is -2.21. The number of fused-ring (bicyclic) bond motifs is 3. The number of ether oxygens (including phenoxy) is 3. The van der Waals surface area contributed by atoms with Crippen molar-refractivity contribution < 1.29 is 28.9 Å². The molecule has 2 aliphatic rings. The lowest BCUT2D eigenvalue weighted by atomic mass is 9.84. The van der Waals surface area contributed by atoms with E-state index in [1.54, 1.807) is 55.7 Å². The lowest BCUT2D eigenvalue weighted by molar-refractivity contribution is -0.135. The van der Waals surface area contributed by atoms with Crippen LogP contribution >= 0.6 is 0 Å². The van der Waals surface area contributed by atoms with Crippen molar-refractivity contribution in [2.24, 2.45) is 0 Å². The second-order valence-corrected chi connectivity index (χ2v) is 7.39. The number of phenolic OH excluding ortho intramolecular Hbond substituents is 1. The highest BCUT2D eigenvalue weighted by Gasteiger charge is 2.38. The van der Waals surface area contributed by atoms with Crippen LogP contribution < -0.4 is 14.2 Å². The number of hydrogen-bond donors (Lipinski definition) is 1. The van der Waals surface area contributed by atoms with Gasteiger partial charge in [0.2, 0.25) is 5.78 Å². The highest BCUT2D eigenvalue weighted by Crippen LogP contribution is 2.49. The van der Waals surface area contributed by atoms with Gasteiger partial charge in [-0.05, 0) is 53.6 Å². The van der Waals surface area contributed by atoms with E-state index in [1.165, 1.54) is 0 Å². The molecule has 0 radical (unpaired) electrons. The van der Waals surface area contributed by atoms with Crippen molar-refractivity contribution in [1.29, 1.82) is 0 Å². The van der Waals surface area contributed by atoms with E-state index in [1.807, 2.05) is 18.2 Å². The average molecular weight is 414 g/mol. The fourth-order valence-corrected chi connectivity index (χ4v) is 3.98. The summed E-state index contributed by atoms with van der Waals surface area (Å²) in [5, 5.41) is 9.92. The standard InChI is InChI=1S/C25H18O6/c1-29-17-7-5-14(6-8-17)11-21-24(28)18-9-10-20-23(25(18)31-21)19(13-22(27)30-20)15-3-2-4-16(26)12-15/h2-12,19,26H,13H2,1H3/b21-11-. The summed E-state index contributed by atoms with van der Waals surface area (Å²) in [6, 6.07) is 17.2. The van der Waals surface area contributed by atoms with Crippen molar-refractivity contribution in [3.63, 3.8) is 0 Å². The molecule has 2 aliphatic heterocycles. The summed E-state index contributed by atoms with van der Waals surface area (Å²) in [4.78, 5) is 25.2. The van der Waals surface area contributed by atoms with E-state index in [-0.39, 0.29) is 29.7 Å². The molecule has 0 saturated heterocycles. The molecular weight excluding hydrogens is 396 g/mol. The van der Waals surface area contributed by atoms with Gasteiger partial charge in [-0.1, -0.05) is 24.3 Å². The number of Topliss-reactive ketones (excluding diaryl/α,β-unsaturated/α-hetero) is 1. The number of aromatic hydroxyl groups is 1. The van der Waals surface area contributed by atoms with Gasteiger partial charge in [-0.2, -0.15) is 0 Å². The van der Waals surface area contributed by atoms with Crippen LogP contribution in [0.2, 0.25) is 0 Å². The van der Waals surface area contributed by atoms with Gasteiger partial charge >= 0.3 is 5.97 Å². The second-order valence-electron chi connectivity index (χ2n) is 7.39. The maximum atomic E-state index is 13.0. The summed E-state index contributed by atoms with van der Waals surface area (Å²) >= 11 is 0. The lowest BCUT2D eigenvalue weighted by Gasteiger charge is -2.26. The largest absolute Gasteiger partial charge is 0.508 e. The van der Waals surface area contributed by atoms with E-state index in [2.05, 4.69) is 0 Å². The number of esters is 1. The zero-order valence-corrected chi connectivity index (χ0v) is 16.6. The van der Waals surface area contributed by atoms with Crippen LogP contribution in [0.1, 0.15) is 39.4 Å². The number of carbonyl (C=O) groups is 2. The molecule has 5 rings (SSSR count). The van der Waals surface area contributed by atoms with Crippen LogP contribution in [0.15, 0.2) is 66.4 Å². The summed E-state index contributed by atoms with van der Waals surface area (Å²) in [6.45, 7) is 0. The third kappa shape index (κ3) is 3.32. The molecule has 2 heterocycles. The molecule has 0 spiro atoms. The molecular formula is C25H18O6. The number of benzene rings is 3. The Morgan fingerprint density at radius 2 is 1.84 bits per heavy atom. The van der Waals surface area contributed by atoms with Crippen LogP contribution in [0.4, 0.5) is 0 Å². The van der Waals surface area contributed by atoms with E-state index < -0.39 is 5.92 Å². The highest BCUT2D eigenvalue weighted by molar-refractivity contribution is 6.15. The summed E-state index contributed by atoms with van der Waals surface area (Å²) in [6.07, 6.45) is 1.76. The minimum absolute atomic E-state index is 0.0853. The van der Waals surface area contributed by atoms with Gasteiger partial charge in [-0.3, -0.25) is 9.59 Å². The van der Waals surface area contributed by atoms with Crippen molar-refractivity contribution in [2.45, 2.75) is 12.3 Å².